The third kappa shape index (κ3) is 1.24. The molecule has 0 aromatic heterocycles. The molecule has 2 aliphatic heterocycles. The SMILES string of the molecule is C=C1C2CCCCN2CCN1C. The molecule has 68 valence electrons. The molecule has 2 heterocycles. The maximum Gasteiger partial charge on any atom is 0.0491 e. The Morgan fingerprint density at radius 3 is 2.92 bits per heavy atom. The second-order valence-corrected chi connectivity index (χ2v) is 3.96. The van der Waals surface area contributed by atoms with E-state index in [9.17, 15) is 0 Å². The van der Waals surface area contributed by atoms with E-state index < -0.39 is 0 Å². The summed E-state index contributed by atoms with van der Waals surface area (Å²) in [4.78, 5) is 4.90. The van der Waals surface area contributed by atoms with Crippen molar-refractivity contribution in [2.24, 2.45) is 0 Å². The molecule has 0 aromatic carbocycles. The maximum atomic E-state index is 4.16. The van der Waals surface area contributed by atoms with Gasteiger partial charge in [0.25, 0.3) is 0 Å². The van der Waals surface area contributed by atoms with E-state index in [-0.39, 0.29) is 0 Å². The van der Waals surface area contributed by atoms with Gasteiger partial charge >= 0.3 is 0 Å². The zero-order valence-corrected chi connectivity index (χ0v) is 7.92. The van der Waals surface area contributed by atoms with Gasteiger partial charge in [0.05, 0.1) is 0 Å². The summed E-state index contributed by atoms with van der Waals surface area (Å²) in [5, 5.41) is 0. The first-order valence-electron chi connectivity index (χ1n) is 4.93. The number of piperazine rings is 1. The van der Waals surface area contributed by atoms with Crippen LogP contribution in [0.2, 0.25) is 0 Å². The minimum atomic E-state index is 0.664. The first kappa shape index (κ1) is 8.11. The van der Waals surface area contributed by atoms with Crippen LogP contribution in [0.25, 0.3) is 0 Å². The summed E-state index contributed by atoms with van der Waals surface area (Å²) in [5.41, 5.74) is 1.33. The van der Waals surface area contributed by atoms with Gasteiger partial charge in [0, 0.05) is 31.9 Å². The van der Waals surface area contributed by atoms with Crippen LogP contribution in [0.3, 0.4) is 0 Å². The Hall–Kier alpha value is -0.500. The number of hydrogen-bond acceptors (Lipinski definition) is 2. The van der Waals surface area contributed by atoms with Crippen LogP contribution in [-0.2, 0) is 0 Å². The van der Waals surface area contributed by atoms with Gasteiger partial charge in [0.1, 0.15) is 0 Å². The molecule has 2 fully saturated rings. The van der Waals surface area contributed by atoms with Crippen LogP contribution in [0, 0.1) is 0 Å². The summed E-state index contributed by atoms with van der Waals surface area (Å²) in [6.07, 6.45) is 4.09. The van der Waals surface area contributed by atoms with Crippen molar-refractivity contribution in [3.05, 3.63) is 12.3 Å². The van der Waals surface area contributed by atoms with Crippen molar-refractivity contribution in [3.63, 3.8) is 0 Å². The average molecular weight is 166 g/mol. The number of fused-ring (bicyclic) bond motifs is 1. The molecule has 2 aliphatic rings. The van der Waals surface area contributed by atoms with Crippen LogP contribution < -0.4 is 0 Å². The van der Waals surface area contributed by atoms with E-state index in [0.29, 0.717) is 6.04 Å². The van der Waals surface area contributed by atoms with E-state index in [0.717, 1.165) is 6.54 Å². The van der Waals surface area contributed by atoms with Crippen LogP contribution in [0.5, 0.6) is 0 Å². The lowest BCUT2D eigenvalue weighted by Gasteiger charge is -2.45. The predicted molar refractivity (Wildman–Crippen MR) is 51.0 cm³/mol. The highest BCUT2D eigenvalue weighted by atomic mass is 15.3. The van der Waals surface area contributed by atoms with Crippen LogP contribution in [-0.4, -0.2) is 42.5 Å². The number of nitrogens with zero attached hydrogens (tertiary/aromatic N) is 2. The van der Waals surface area contributed by atoms with Gasteiger partial charge in [0.15, 0.2) is 0 Å². The van der Waals surface area contributed by atoms with Gasteiger partial charge in [-0.05, 0) is 19.4 Å². The summed E-state index contributed by atoms with van der Waals surface area (Å²) >= 11 is 0. The average Bonchev–Trinajstić information content (AvgIpc) is 2.12. The Morgan fingerprint density at radius 2 is 2.08 bits per heavy atom. The van der Waals surface area contributed by atoms with Gasteiger partial charge in [-0.3, -0.25) is 4.90 Å². The van der Waals surface area contributed by atoms with Gasteiger partial charge in [0.2, 0.25) is 0 Å². The summed E-state index contributed by atoms with van der Waals surface area (Å²) in [6, 6.07) is 0.664. The Bertz CT molecular complexity index is 188. The first-order chi connectivity index (χ1) is 5.79. The maximum absolute atomic E-state index is 4.16. The van der Waals surface area contributed by atoms with Gasteiger partial charge in [-0.15, -0.1) is 0 Å². The molecular weight excluding hydrogens is 148 g/mol. The largest absolute Gasteiger partial charge is 0.376 e. The molecule has 0 saturated carbocycles. The van der Waals surface area contributed by atoms with Crippen molar-refractivity contribution in [1.82, 2.24) is 9.80 Å². The van der Waals surface area contributed by atoms with E-state index in [4.69, 9.17) is 0 Å². The van der Waals surface area contributed by atoms with Crippen molar-refractivity contribution in [3.8, 4) is 0 Å². The minimum Gasteiger partial charge on any atom is -0.376 e. The fourth-order valence-electron chi connectivity index (χ4n) is 2.31. The molecule has 0 amide bonds. The quantitative estimate of drug-likeness (QED) is 0.535. The molecule has 2 rings (SSSR count). The molecule has 2 heteroatoms. The van der Waals surface area contributed by atoms with Crippen LogP contribution >= 0.6 is 0 Å². The Morgan fingerprint density at radius 1 is 1.25 bits per heavy atom. The highest BCUT2D eigenvalue weighted by Gasteiger charge is 2.29. The molecule has 12 heavy (non-hydrogen) atoms. The van der Waals surface area contributed by atoms with Gasteiger partial charge < -0.3 is 4.90 Å². The second kappa shape index (κ2) is 3.09. The Kier molecular flexibility index (Phi) is 2.09. The van der Waals surface area contributed by atoms with Gasteiger partial charge in [-0.1, -0.05) is 13.0 Å². The van der Waals surface area contributed by atoms with Gasteiger partial charge in [-0.25, -0.2) is 0 Å². The topological polar surface area (TPSA) is 6.48 Å². The molecule has 1 atom stereocenters. The van der Waals surface area contributed by atoms with E-state index in [1.807, 2.05) is 0 Å². The lowest BCUT2D eigenvalue weighted by molar-refractivity contribution is 0.102. The van der Waals surface area contributed by atoms with Crippen LogP contribution in [0.15, 0.2) is 12.3 Å². The zero-order valence-electron chi connectivity index (χ0n) is 7.92. The standard InChI is InChI=1S/C10H18N2/c1-9-10-5-3-4-6-12(10)8-7-11(9)2/h10H,1,3-8H2,2H3. The molecule has 0 spiro atoms. The third-order valence-electron chi connectivity index (χ3n) is 3.21. The van der Waals surface area contributed by atoms with Crippen molar-refractivity contribution >= 4 is 0 Å². The van der Waals surface area contributed by atoms with Crippen molar-refractivity contribution in [2.45, 2.75) is 25.3 Å². The summed E-state index contributed by atoms with van der Waals surface area (Å²) < 4.78 is 0. The smallest absolute Gasteiger partial charge is 0.0491 e. The molecular formula is C10H18N2. The summed E-state index contributed by atoms with van der Waals surface area (Å²) in [6.45, 7) is 7.85. The lowest BCUT2D eigenvalue weighted by Crippen LogP contribution is -2.51. The molecule has 0 radical (unpaired) electrons. The lowest BCUT2D eigenvalue weighted by atomic mass is 9.97. The molecule has 2 saturated heterocycles. The molecule has 0 aliphatic carbocycles. The Labute approximate surface area is 74.8 Å². The monoisotopic (exact) mass is 166 g/mol. The van der Waals surface area contributed by atoms with E-state index in [1.54, 1.807) is 0 Å². The first-order valence-corrected chi connectivity index (χ1v) is 4.93. The molecule has 0 bridgehead atoms. The minimum absolute atomic E-state index is 0.664. The van der Waals surface area contributed by atoms with Crippen molar-refractivity contribution < 1.29 is 0 Å². The van der Waals surface area contributed by atoms with E-state index in [1.165, 1.54) is 38.0 Å². The van der Waals surface area contributed by atoms with Crippen molar-refractivity contribution in [1.29, 1.82) is 0 Å². The number of piperidine rings is 1. The highest BCUT2D eigenvalue weighted by molar-refractivity contribution is 5.09. The van der Waals surface area contributed by atoms with Gasteiger partial charge in [-0.2, -0.15) is 0 Å². The zero-order chi connectivity index (χ0) is 8.55. The number of hydrogen-bond donors (Lipinski definition) is 0. The van der Waals surface area contributed by atoms with Crippen LogP contribution in [0.1, 0.15) is 19.3 Å². The fraction of sp³-hybridized carbons (Fsp3) is 0.800. The summed E-state index contributed by atoms with van der Waals surface area (Å²) in [5.74, 6) is 0. The molecule has 0 aromatic rings. The fourth-order valence-corrected chi connectivity index (χ4v) is 2.31. The summed E-state index contributed by atoms with van der Waals surface area (Å²) in [7, 11) is 2.16. The predicted octanol–water partition coefficient (Wildman–Crippen LogP) is 1.30. The second-order valence-electron chi connectivity index (χ2n) is 3.96. The number of likely N-dealkylation sites (N-methyl/N-ethyl adjacent to an activating group) is 1. The Balaban J connectivity index is 2.08. The molecule has 1 unspecified atom stereocenters. The highest BCUT2D eigenvalue weighted by Crippen LogP contribution is 2.26. The molecule has 2 nitrogen and oxygen atoms in total. The third-order valence-corrected chi connectivity index (χ3v) is 3.21. The van der Waals surface area contributed by atoms with E-state index >= 15 is 0 Å². The number of rotatable bonds is 0. The van der Waals surface area contributed by atoms with E-state index in [2.05, 4.69) is 23.4 Å². The molecule has 0 N–H and O–H groups in total. The normalized spacial score (nSPS) is 31.9. The van der Waals surface area contributed by atoms with Crippen LogP contribution in [0.4, 0.5) is 0 Å². The van der Waals surface area contributed by atoms with Crippen molar-refractivity contribution in [2.75, 3.05) is 26.7 Å².